The van der Waals surface area contributed by atoms with E-state index in [4.69, 9.17) is 11.6 Å². The molecular formula is C16H15ClF2N2. The van der Waals surface area contributed by atoms with E-state index in [0.717, 1.165) is 17.8 Å². The van der Waals surface area contributed by atoms with E-state index in [1.54, 1.807) is 12.1 Å². The zero-order valence-corrected chi connectivity index (χ0v) is 12.3. The van der Waals surface area contributed by atoms with Crippen molar-refractivity contribution >= 4 is 17.3 Å². The minimum Gasteiger partial charge on any atom is -0.373 e. The minimum absolute atomic E-state index is 0.0383. The van der Waals surface area contributed by atoms with Gasteiger partial charge in [-0.15, -0.1) is 0 Å². The highest BCUT2D eigenvalue weighted by Crippen LogP contribution is 2.36. The van der Waals surface area contributed by atoms with Gasteiger partial charge in [-0.3, -0.25) is 0 Å². The van der Waals surface area contributed by atoms with Crippen molar-refractivity contribution in [2.75, 3.05) is 25.0 Å². The van der Waals surface area contributed by atoms with Crippen molar-refractivity contribution in [1.82, 2.24) is 5.32 Å². The third kappa shape index (κ3) is 2.61. The highest BCUT2D eigenvalue weighted by Gasteiger charge is 2.27. The molecule has 21 heavy (non-hydrogen) atoms. The summed E-state index contributed by atoms with van der Waals surface area (Å²) in [5.41, 5.74) is 1.75. The Kier molecular flexibility index (Phi) is 3.83. The van der Waals surface area contributed by atoms with Crippen molar-refractivity contribution in [3.05, 3.63) is 64.2 Å². The molecule has 1 aliphatic heterocycles. The van der Waals surface area contributed by atoms with Crippen LogP contribution in [-0.4, -0.2) is 20.1 Å². The molecule has 0 aromatic heterocycles. The third-order valence-electron chi connectivity index (χ3n) is 3.80. The SMILES string of the molecule is CN1CCNC(c2c(F)cccc2F)c2cc(Cl)ccc21. The quantitative estimate of drug-likeness (QED) is 0.863. The van der Waals surface area contributed by atoms with Gasteiger partial charge in [-0.05, 0) is 35.9 Å². The first-order valence-electron chi connectivity index (χ1n) is 6.76. The van der Waals surface area contributed by atoms with Gasteiger partial charge >= 0.3 is 0 Å². The van der Waals surface area contributed by atoms with Crippen LogP contribution in [0.5, 0.6) is 0 Å². The van der Waals surface area contributed by atoms with Crippen molar-refractivity contribution in [3.63, 3.8) is 0 Å². The molecule has 0 saturated carbocycles. The number of nitrogens with one attached hydrogen (secondary N) is 1. The predicted molar refractivity (Wildman–Crippen MR) is 80.9 cm³/mol. The Hall–Kier alpha value is -1.65. The minimum atomic E-state index is -0.553. The molecule has 0 fully saturated rings. The zero-order valence-electron chi connectivity index (χ0n) is 11.5. The van der Waals surface area contributed by atoms with Crippen LogP contribution >= 0.6 is 11.6 Å². The van der Waals surface area contributed by atoms with E-state index in [1.807, 2.05) is 13.1 Å². The van der Waals surface area contributed by atoms with Gasteiger partial charge in [-0.25, -0.2) is 8.78 Å². The highest BCUT2D eigenvalue weighted by atomic mass is 35.5. The Labute approximate surface area is 127 Å². The van der Waals surface area contributed by atoms with Gasteiger partial charge in [-0.1, -0.05) is 17.7 Å². The first kappa shape index (κ1) is 14.3. The number of nitrogens with zero attached hydrogens (tertiary/aromatic N) is 1. The smallest absolute Gasteiger partial charge is 0.131 e. The fraction of sp³-hybridized carbons (Fsp3) is 0.250. The van der Waals surface area contributed by atoms with Gasteiger partial charge in [0, 0.05) is 36.4 Å². The van der Waals surface area contributed by atoms with Crippen LogP contribution in [0, 0.1) is 11.6 Å². The van der Waals surface area contributed by atoms with Crippen LogP contribution in [0.15, 0.2) is 36.4 Å². The summed E-state index contributed by atoms with van der Waals surface area (Å²) < 4.78 is 28.3. The van der Waals surface area contributed by atoms with Crippen molar-refractivity contribution in [1.29, 1.82) is 0 Å². The van der Waals surface area contributed by atoms with Crippen LogP contribution in [0.2, 0.25) is 5.02 Å². The van der Waals surface area contributed by atoms with Gasteiger partial charge in [0.2, 0.25) is 0 Å². The van der Waals surface area contributed by atoms with Crippen LogP contribution in [0.3, 0.4) is 0 Å². The summed E-state index contributed by atoms with van der Waals surface area (Å²) in [4.78, 5) is 2.05. The Morgan fingerprint density at radius 2 is 1.90 bits per heavy atom. The van der Waals surface area contributed by atoms with Crippen LogP contribution in [-0.2, 0) is 0 Å². The first-order chi connectivity index (χ1) is 10.1. The van der Waals surface area contributed by atoms with Crippen molar-refractivity contribution < 1.29 is 8.78 Å². The molecule has 1 heterocycles. The summed E-state index contributed by atoms with van der Waals surface area (Å²) in [6.07, 6.45) is 0. The number of rotatable bonds is 1. The van der Waals surface area contributed by atoms with Crippen LogP contribution in [0.25, 0.3) is 0 Å². The molecule has 0 amide bonds. The molecule has 1 aliphatic rings. The maximum atomic E-state index is 14.1. The summed E-state index contributed by atoms with van der Waals surface area (Å²) in [5, 5.41) is 3.76. The van der Waals surface area contributed by atoms with E-state index < -0.39 is 17.7 Å². The monoisotopic (exact) mass is 308 g/mol. The van der Waals surface area contributed by atoms with Gasteiger partial charge in [0.1, 0.15) is 11.6 Å². The van der Waals surface area contributed by atoms with Crippen molar-refractivity contribution in [2.45, 2.75) is 6.04 Å². The number of likely N-dealkylation sites (N-methyl/N-ethyl adjacent to an activating group) is 1. The fourth-order valence-corrected chi connectivity index (χ4v) is 2.94. The Balaban J connectivity index is 2.20. The maximum Gasteiger partial charge on any atom is 0.131 e. The molecule has 2 nitrogen and oxygen atoms in total. The normalized spacial score (nSPS) is 18.3. The molecule has 1 unspecified atom stereocenters. The molecule has 3 rings (SSSR count). The lowest BCUT2D eigenvalue weighted by molar-refractivity contribution is 0.511. The van der Waals surface area contributed by atoms with E-state index in [9.17, 15) is 8.78 Å². The topological polar surface area (TPSA) is 15.3 Å². The molecule has 0 saturated heterocycles. The lowest BCUT2D eigenvalue weighted by atomic mass is 9.96. The molecule has 0 radical (unpaired) electrons. The Bertz CT molecular complexity index is 655. The Morgan fingerprint density at radius 3 is 2.62 bits per heavy atom. The molecule has 0 bridgehead atoms. The summed E-state index contributed by atoms with van der Waals surface area (Å²) in [6.45, 7) is 1.38. The third-order valence-corrected chi connectivity index (χ3v) is 4.03. The van der Waals surface area contributed by atoms with E-state index in [0.29, 0.717) is 11.6 Å². The standard InChI is InChI=1S/C16H15ClF2N2/c1-21-8-7-20-16(11-9-10(17)5-6-14(11)21)15-12(18)3-2-4-13(15)19/h2-6,9,16,20H,7-8H2,1H3. The molecule has 2 aromatic rings. The zero-order chi connectivity index (χ0) is 15.0. The second kappa shape index (κ2) is 5.62. The molecule has 2 aromatic carbocycles. The lowest BCUT2D eigenvalue weighted by Crippen LogP contribution is -2.27. The molecule has 110 valence electrons. The first-order valence-corrected chi connectivity index (χ1v) is 7.13. The molecule has 0 aliphatic carbocycles. The van der Waals surface area contributed by atoms with Gasteiger partial charge in [-0.2, -0.15) is 0 Å². The lowest BCUT2D eigenvalue weighted by Gasteiger charge is -2.22. The van der Waals surface area contributed by atoms with E-state index in [-0.39, 0.29) is 5.56 Å². The summed E-state index contributed by atoms with van der Waals surface area (Å²) in [6, 6.07) is 8.81. The molecular weight excluding hydrogens is 294 g/mol. The largest absolute Gasteiger partial charge is 0.373 e. The second-order valence-electron chi connectivity index (χ2n) is 5.15. The molecule has 5 heteroatoms. The van der Waals surface area contributed by atoms with E-state index >= 15 is 0 Å². The summed E-state index contributed by atoms with van der Waals surface area (Å²) >= 11 is 6.08. The highest BCUT2D eigenvalue weighted by molar-refractivity contribution is 6.30. The van der Waals surface area contributed by atoms with Crippen molar-refractivity contribution in [3.8, 4) is 0 Å². The number of anilines is 1. The number of halogens is 3. The molecule has 0 spiro atoms. The second-order valence-corrected chi connectivity index (χ2v) is 5.58. The average molecular weight is 309 g/mol. The van der Waals surface area contributed by atoms with Gasteiger partial charge in [0.25, 0.3) is 0 Å². The van der Waals surface area contributed by atoms with E-state index in [2.05, 4.69) is 10.2 Å². The molecule has 1 N–H and O–H groups in total. The predicted octanol–water partition coefficient (Wildman–Crippen LogP) is 3.75. The molecule has 1 atom stereocenters. The number of benzene rings is 2. The van der Waals surface area contributed by atoms with Gasteiger partial charge in [0.15, 0.2) is 0 Å². The number of hydrogen-bond acceptors (Lipinski definition) is 2. The van der Waals surface area contributed by atoms with E-state index in [1.165, 1.54) is 18.2 Å². The maximum absolute atomic E-state index is 14.1. The number of hydrogen-bond donors (Lipinski definition) is 1. The van der Waals surface area contributed by atoms with Crippen molar-refractivity contribution in [2.24, 2.45) is 0 Å². The van der Waals surface area contributed by atoms with Gasteiger partial charge < -0.3 is 10.2 Å². The summed E-state index contributed by atoms with van der Waals surface area (Å²) in [7, 11) is 1.95. The van der Waals surface area contributed by atoms with Crippen LogP contribution in [0.1, 0.15) is 17.2 Å². The van der Waals surface area contributed by atoms with Crippen LogP contribution in [0.4, 0.5) is 14.5 Å². The summed E-state index contributed by atoms with van der Waals surface area (Å²) in [5.74, 6) is -1.11. The van der Waals surface area contributed by atoms with Gasteiger partial charge in [0.05, 0.1) is 6.04 Å². The van der Waals surface area contributed by atoms with Crippen LogP contribution < -0.4 is 10.2 Å². The Morgan fingerprint density at radius 1 is 1.19 bits per heavy atom. The fourth-order valence-electron chi connectivity index (χ4n) is 2.76. The average Bonchev–Trinajstić information content (AvgIpc) is 2.59. The number of fused-ring (bicyclic) bond motifs is 1.